The van der Waals surface area contributed by atoms with Crippen molar-refractivity contribution in [3.63, 3.8) is 0 Å². The van der Waals surface area contributed by atoms with E-state index in [0.717, 1.165) is 31.6 Å². The minimum atomic E-state index is -0.210. The fourth-order valence-electron chi connectivity index (χ4n) is 2.33. The van der Waals surface area contributed by atoms with E-state index in [1.165, 1.54) is 0 Å². The molecule has 108 valence electrons. The van der Waals surface area contributed by atoms with E-state index in [2.05, 4.69) is 27.8 Å². The molecule has 7 heteroatoms. The molecule has 0 aliphatic carbocycles. The Hall–Kier alpha value is -1.27. The van der Waals surface area contributed by atoms with Gasteiger partial charge in [-0.05, 0) is 39.8 Å². The summed E-state index contributed by atoms with van der Waals surface area (Å²) >= 11 is 0. The molecule has 2 heterocycles. The maximum absolute atomic E-state index is 12.0. The SMILES string of the molecule is Cc1[nH][nH]c(=O)c1CC(=O)NC1(C)CCNCC1.Cl. The van der Waals surface area contributed by atoms with Gasteiger partial charge in [-0.1, -0.05) is 0 Å². The standard InChI is InChI=1S/C12H20N4O2.ClH/c1-8-9(11(18)16-15-8)7-10(17)14-12(2)3-5-13-6-4-12;/h13H,3-7H2,1-2H3,(H,14,17)(H2,15,16,18);1H. The Morgan fingerprint density at radius 1 is 1.32 bits per heavy atom. The molecule has 1 amide bonds. The van der Waals surface area contributed by atoms with Gasteiger partial charge >= 0.3 is 0 Å². The van der Waals surface area contributed by atoms with E-state index in [-0.39, 0.29) is 35.8 Å². The van der Waals surface area contributed by atoms with Gasteiger partial charge in [0.05, 0.1) is 6.42 Å². The van der Waals surface area contributed by atoms with Crippen LogP contribution in [0.1, 0.15) is 31.0 Å². The van der Waals surface area contributed by atoms with E-state index < -0.39 is 0 Å². The van der Waals surface area contributed by atoms with Crippen LogP contribution in [-0.4, -0.2) is 34.7 Å². The second kappa shape index (κ2) is 6.25. The average Bonchev–Trinajstić information content (AvgIpc) is 2.61. The minimum Gasteiger partial charge on any atom is -0.351 e. The van der Waals surface area contributed by atoms with Crippen molar-refractivity contribution >= 4 is 18.3 Å². The molecule has 0 bridgehead atoms. The molecule has 1 aromatic heterocycles. The Labute approximate surface area is 118 Å². The van der Waals surface area contributed by atoms with Crippen LogP contribution < -0.4 is 16.2 Å². The smallest absolute Gasteiger partial charge is 0.267 e. The summed E-state index contributed by atoms with van der Waals surface area (Å²) in [4.78, 5) is 23.5. The lowest BCUT2D eigenvalue weighted by Crippen LogP contribution is -2.52. The molecule has 1 fully saturated rings. The number of amides is 1. The van der Waals surface area contributed by atoms with Crippen LogP contribution >= 0.6 is 12.4 Å². The van der Waals surface area contributed by atoms with Crippen molar-refractivity contribution in [2.45, 2.75) is 38.6 Å². The normalized spacial score (nSPS) is 17.6. The number of aromatic nitrogens is 2. The maximum atomic E-state index is 12.0. The number of piperidine rings is 1. The number of rotatable bonds is 3. The quantitative estimate of drug-likeness (QED) is 0.642. The van der Waals surface area contributed by atoms with E-state index in [0.29, 0.717) is 5.56 Å². The molecule has 19 heavy (non-hydrogen) atoms. The third-order valence-corrected chi connectivity index (χ3v) is 3.58. The number of nitrogens with one attached hydrogen (secondary N) is 4. The molecule has 1 saturated heterocycles. The fraction of sp³-hybridized carbons (Fsp3) is 0.667. The molecule has 0 radical (unpaired) electrons. The van der Waals surface area contributed by atoms with E-state index in [1.807, 2.05) is 0 Å². The van der Waals surface area contributed by atoms with Crippen molar-refractivity contribution in [1.82, 2.24) is 20.8 Å². The molecule has 1 aromatic rings. The Kier molecular flexibility index (Phi) is 5.20. The zero-order chi connectivity index (χ0) is 13.2. The van der Waals surface area contributed by atoms with E-state index in [1.54, 1.807) is 6.92 Å². The summed E-state index contributed by atoms with van der Waals surface area (Å²) in [5.41, 5.74) is 0.882. The molecule has 1 aliphatic heterocycles. The Morgan fingerprint density at radius 2 is 1.95 bits per heavy atom. The molecule has 6 nitrogen and oxygen atoms in total. The first-order valence-corrected chi connectivity index (χ1v) is 6.28. The van der Waals surface area contributed by atoms with Gasteiger partial charge in [-0.25, -0.2) is 0 Å². The lowest BCUT2D eigenvalue weighted by molar-refractivity contribution is -0.122. The number of carbonyl (C=O) groups is 1. The monoisotopic (exact) mass is 288 g/mol. The summed E-state index contributed by atoms with van der Waals surface area (Å²) in [5.74, 6) is -0.0902. The van der Waals surface area contributed by atoms with Gasteiger partial charge in [0.15, 0.2) is 0 Å². The van der Waals surface area contributed by atoms with Crippen LogP contribution in [0.5, 0.6) is 0 Å². The van der Waals surface area contributed by atoms with Gasteiger partial charge in [0, 0.05) is 16.8 Å². The lowest BCUT2D eigenvalue weighted by atomic mass is 9.90. The summed E-state index contributed by atoms with van der Waals surface area (Å²) in [6.07, 6.45) is 1.97. The van der Waals surface area contributed by atoms with Gasteiger partial charge in [0.2, 0.25) is 5.91 Å². The molecule has 0 atom stereocenters. The van der Waals surface area contributed by atoms with Crippen molar-refractivity contribution in [3.8, 4) is 0 Å². The third-order valence-electron chi connectivity index (χ3n) is 3.58. The number of aryl methyl sites for hydroxylation is 1. The molecule has 0 spiro atoms. The lowest BCUT2D eigenvalue weighted by Gasteiger charge is -2.35. The molecular weight excluding hydrogens is 268 g/mol. The van der Waals surface area contributed by atoms with Crippen LogP contribution in [0.2, 0.25) is 0 Å². The number of carbonyl (C=O) groups excluding carboxylic acids is 1. The predicted molar refractivity (Wildman–Crippen MR) is 75.8 cm³/mol. The zero-order valence-electron chi connectivity index (χ0n) is 11.3. The largest absolute Gasteiger partial charge is 0.351 e. The Bertz CT molecular complexity index is 488. The van der Waals surface area contributed by atoms with Crippen LogP contribution in [0.4, 0.5) is 0 Å². The van der Waals surface area contributed by atoms with E-state index in [4.69, 9.17) is 0 Å². The number of hydrogen-bond donors (Lipinski definition) is 4. The van der Waals surface area contributed by atoms with Crippen LogP contribution in [0.3, 0.4) is 0 Å². The summed E-state index contributed by atoms with van der Waals surface area (Å²) in [7, 11) is 0. The highest BCUT2D eigenvalue weighted by atomic mass is 35.5. The van der Waals surface area contributed by atoms with Gasteiger partial charge in [-0.15, -0.1) is 12.4 Å². The first-order valence-electron chi connectivity index (χ1n) is 6.28. The Morgan fingerprint density at radius 3 is 2.47 bits per heavy atom. The fourth-order valence-corrected chi connectivity index (χ4v) is 2.33. The van der Waals surface area contributed by atoms with Crippen molar-refractivity contribution in [3.05, 3.63) is 21.6 Å². The highest BCUT2D eigenvalue weighted by molar-refractivity contribution is 5.85. The molecule has 0 unspecified atom stereocenters. The van der Waals surface area contributed by atoms with Crippen molar-refractivity contribution in [1.29, 1.82) is 0 Å². The second-order valence-corrected chi connectivity index (χ2v) is 5.22. The first kappa shape index (κ1) is 15.8. The molecule has 4 N–H and O–H groups in total. The van der Waals surface area contributed by atoms with E-state index >= 15 is 0 Å². The first-order chi connectivity index (χ1) is 8.50. The van der Waals surface area contributed by atoms with Crippen molar-refractivity contribution in [2.75, 3.05) is 13.1 Å². The third kappa shape index (κ3) is 3.84. The topological polar surface area (TPSA) is 89.8 Å². The van der Waals surface area contributed by atoms with Gasteiger partial charge in [-0.2, -0.15) is 0 Å². The summed E-state index contributed by atoms with van der Waals surface area (Å²) < 4.78 is 0. The van der Waals surface area contributed by atoms with Crippen LogP contribution in [0.25, 0.3) is 0 Å². The maximum Gasteiger partial charge on any atom is 0.267 e. The number of hydrogen-bond acceptors (Lipinski definition) is 3. The zero-order valence-corrected chi connectivity index (χ0v) is 12.1. The van der Waals surface area contributed by atoms with Crippen LogP contribution in [-0.2, 0) is 11.2 Å². The highest BCUT2D eigenvalue weighted by Crippen LogP contribution is 2.17. The number of aromatic amines is 2. The molecule has 0 aromatic carbocycles. The average molecular weight is 289 g/mol. The van der Waals surface area contributed by atoms with Crippen molar-refractivity contribution < 1.29 is 4.79 Å². The molecule has 2 rings (SSSR count). The number of halogens is 1. The van der Waals surface area contributed by atoms with Crippen LogP contribution in [0, 0.1) is 6.92 Å². The summed E-state index contributed by atoms with van der Waals surface area (Å²) in [5, 5.41) is 11.5. The molecule has 1 aliphatic rings. The second-order valence-electron chi connectivity index (χ2n) is 5.22. The summed E-state index contributed by atoms with van der Waals surface area (Å²) in [6, 6.07) is 0. The minimum absolute atomic E-state index is 0. The van der Waals surface area contributed by atoms with Gasteiger partial charge in [-0.3, -0.25) is 14.7 Å². The summed E-state index contributed by atoms with van der Waals surface area (Å²) in [6.45, 7) is 5.67. The van der Waals surface area contributed by atoms with Gasteiger partial charge < -0.3 is 15.7 Å². The number of H-pyrrole nitrogens is 2. The highest BCUT2D eigenvalue weighted by Gasteiger charge is 2.28. The Balaban J connectivity index is 0.00000180. The van der Waals surface area contributed by atoms with E-state index in [9.17, 15) is 9.59 Å². The predicted octanol–water partition coefficient (Wildman–Crippen LogP) is 0.234. The van der Waals surface area contributed by atoms with Crippen molar-refractivity contribution in [2.24, 2.45) is 0 Å². The van der Waals surface area contributed by atoms with Gasteiger partial charge in [0.25, 0.3) is 5.56 Å². The molecule has 0 saturated carbocycles. The molecular formula is C12H21ClN4O2. The van der Waals surface area contributed by atoms with Crippen LogP contribution in [0.15, 0.2) is 4.79 Å². The van der Waals surface area contributed by atoms with Gasteiger partial charge in [0.1, 0.15) is 0 Å².